The van der Waals surface area contributed by atoms with Gasteiger partial charge in [-0.05, 0) is 24.3 Å². The Morgan fingerprint density at radius 3 is 2.28 bits per heavy atom. The number of halogens is 2. The lowest BCUT2D eigenvalue weighted by atomic mass is 10.2. The summed E-state index contributed by atoms with van der Waals surface area (Å²) in [4.78, 5) is 5.01. The van der Waals surface area contributed by atoms with E-state index in [9.17, 15) is 0 Å². The van der Waals surface area contributed by atoms with Crippen LogP contribution in [0, 0.1) is 0 Å². The van der Waals surface area contributed by atoms with Crippen LogP contribution in [0.4, 0.5) is 0 Å². The van der Waals surface area contributed by atoms with E-state index in [4.69, 9.17) is 37.4 Å². The first kappa shape index (κ1) is 21.2. The summed E-state index contributed by atoms with van der Waals surface area (Å²) in [6.07, 6.45) is 1.68. The minimum Gasteiger partial charge on any atom is -0.496 e. The van der Waals surface area contributed by atoms with E-state index in [1.807, 2.05) is 11.4 Å². The van der Waals surface area contributed by atoms with E-state index in [0.717, 1.165) is 16.8 Å². The van der Waals surface area contributed by atoms with Crippen LogP contribution < -0.4 is 19.0 Å². The van der Waals surface area contributed by atoms with Crippen molar-refractivity contribution in [2.24, 2.45) is 10.1 Å². The molecular formula is C20H19Cl2N3O3S. The molecule has 0 atom stereocenters. The molecule has 0 saturated heterocycles. The van der Waals surface area contributed by atoms with Crippen molar-refractivity contribution in [2.75, 3.05) is 28.4 Å². The van der Waals surface area contributed by atoms with Gasteiger partial charge in [0.1, 0.15) is 5.75 Å². The van der Waals surface area contributed by atoms with Crippen LogP contribution in [0.3, 0.4) is 0 Å². The van der Waals surface area contributed by atoms with E-state index >= 15 is 0 Å². The summed E-state index contributed by atoms with van der Waals surface area (Å²) >= 11 is 13.9. The van der Waals surface area contributed by atoms with Gasteiger partial charge in [-0.25, -0.2) is 4.68 Å². The highest BCUT2D eigenvalue weighted by Gasteiger charge is 2.13. The molecule has 1 heterocycles. The molecule has 3 rings (SSSR count). The average Bonchev–Trinajstić information content (AvgIpc) is 3.14. The topological polar surface area (TPSA) is 57.3 Å². The van der Waals surface area contributed by atoms with Crippen molar-refractivity contribution in [3.63, 3.8) is 0 Å². The van der Waals surface area contributed by atoms with Gasteiger partial charge in [-0.15, -0.1) is 11.3 Å². The van der Waals surface area contributed by atoms with Crippen LogP contribution in [0.2, 0.25) is 10.0 Å². The lowest BCUT2D eigenvalue weighted by Gasteiger charge is -2.12. The molecule has 0 saturated carbocycles. The maximum Gasteiger partial charge on any atom is 0.205 e. The molecule has 2 aromatic carbocycles. The number of hydrogen-bond donors (Lipinski definition) is 0. The number of ether oxygens (including phenoxy) is 3. The van der Waals surface area contributed by atoms with Gasteiger partial charge in [0.2, 0.25) is 4.80 Å². The van der Waals surface area contributed by atoms with Gasteiger partial charge in [0.25, 0.3) is 0 Å². The zero-order valence-corrected chi connectivity index (χ0v) is 18.6. The molecule has 29 heavy (non-hydrogen) atoms. The summed E-state index contributed by atoms with van der Waals surface area (Å²) in [5, 5.41) is 7.67. The molecule has 3 aromatic rings. The van der Waals surface area contributed by atoms with Gasteiger partial charge in [-0.1, -0.05) is 23.2 Å². The van der Waals surface area contributed by atoms with Crippen molar-refractivity contribution >= 4 is 40.8 Å². The molecule has 0 unspecified atom stereocenters. The molecule has 6 nitrogen and oxygen atoms in total. The first-order valence-electron chi connectivity index (χ1n) is 8.45. The molecule has 0 spiro atoms. The fourth-order valence-corrected chi connectivity index (χ4v) is 4.02. The Morgan fingerprint density at radius 2 is 1.66 bits per heavy atom. The number of aromatic nitrogens is 1. The molecule has 0 aliphatic heterocycles. The summed E-state index contributed by atoms with van der Waals surface area (Å²) in [6.45, 7) is 0. The Bertz CT molecular complexity index is 1120. The normalized spacial score (nSPS) is 11.9. The third kappa shape index (κ3) is 4.42. The Morgan fingerprint density at radius 1 is 0.966 bits per heavy atom. The van der Waals surface area contributed by atoms with Crippen molar-refractivity contribution < 1.29 is 14.2 Å². The minimum atomic E-state index is 0.533. The Hall–Kier alpha value is -2.48. The van der Waals surface area contributed by atoms with Gasteiger partial charge < -0.3 is 14.2 Å². The van der Waals surface area contributed by atoms with Gasteiger partial charge in [-0.2, -0.15) is 5.10 Å². The fraction of sp³-hybridized carbons (Fsp3) is 0.200. The molecule has 0 radical (unpaired) electrons. The van der Waals surface area contributed by atoms with Gasteiger partial charge >= 0.3 is 0 Å². The second kappa shape index (κ2) is 9.35. The number of hydrogen-bond acceptors (Lipinski definition) is 6. The van der Waals surface area contributed by atoms with E-state index < -0.39 is 0 Å². The van der Waals surface area contributed by atoms with Crippen LogP contribution in [0.5, 0.6) is 17.2 Å². The van der Waals surface area contributed by atoms with Crippen molar-refractivity contribution in [1.29, 1.82) is 0 Å². The molecule has 9 heteroatoms. The first-order valence-corrected chi connectivity index (χ1v) is 10.1. The number of thiazole rings is 1. The summed E-state index contributed by atoms with van der Waals surface area (Å²) in [5.74, 6) is 1.75. The van der Waals surface area contributed by atoms with Gasteiger partial charge in [0.05, 0.1) is 38.3 Å². The lowest BCUT2D eigenvalue weighted by molar-refractivity contribution is 0.349. The highest BCUT2D eigenvalue weighted by molar-refractivity contribution is 7.07. The van der Waals surface area contributed by atoms with E-state index in [1.54, 1.807) is 63.5 Å². The maximum absolute atomic E-state index is 6.40. The molecule has 152 valence electrons. The quantitative estimate of drug-likeness (QED) is 0.497. The molecule has 0 N–H and O–H groups in total. The largest absolute Gasteiger partial charge is 0.496 e. The predicted molar refractivity (Wildman–Crippen MR) is 118 cm³/mol. The van der Waals surface area contributed by atoms with Crippen LogP contribution in [-0.4, -0.2) is 39.3 Å². The summed E-state index contributed by atoms with van der Waals surface area (Å²) in [7, 11) is 6.45. The predicted octanol–water partition coefficient (Wildman–Crippen LogP) is 4.96. The van der Waals surface area contributed by atoms with E-state index in [2.05, 4.69) is 10.1 Å². The van der Waals surface area contributed by atoms with Crippen LogP contribution in [0.15, 0.2) is 45.8 Å². The highest BCUT2D eigenvalue weighted by atomic mass is 35.5. The molecule has 0 aliphatic rings. The minimum absolute atomic E-state index is 0.533. The smallest absolute Gasteiger partial charge is 0.205 e. The van der Waals surface area contributed by atoms with Crippen molar-refractivity contribution in [3.8, 4) is 28.5 Å². The summed E-state index contributed by atoms with van der Waals surface area (Å²) in [5.41, 5.74) is 2.32. The Kier molecular flexibility index (Phi) is 6.84. The third-order valence-corrected chi connectivity index (χ3v) is 5.59. The number of nitrogens with zero attached hydrogens (tertiary/aromatic N) is 3. The second-order valence-corrected chi connectivity index (χ2v) is 7.44. The van der Waals surface area contributed by atoms with Crippen molar-refractivity contribution in [1.82, 2.24) is 4.68 Å². The molecule has 0 amide bonds. The maximum atomic E-state index is 6.40. The third-order valence-electron chi connectivity index (χ3n) is 4.13. The van der Waals surface area contributed by atoms with Crippen molar-refractivity contribution in [3.05, 3.63) is 56.1 Å². The van der Waals surface area contributed by atoms with Gasteiger partial charge in [-0.3, -0.25) is 4.99 Å². The second-order valence-electron chi connectivity index (χ2n) is 5.76. The van der Waals surface area contributed by atoms with E-state index in [1.165, 1.54) is 11.3 Å². The summed E-state index contributed by atoms with van der Waals surface area (Å²) in [6, 6.07) is 8.89. The average molecular weight is 452 g/mol. The van der Waals surface area contributed by atoms with Crippen LogP contribution in [0.25, 0.3) is 11.3 Å². The van der Waals surface area contributed by atoms with E-state index in [-0.39, 0.29) is 0 Å². The zero-order chi connectivity index (χ0) is 21.0. The van der Waals surface area contributed by atoms with Gasteiger partial charge in [0.15, 0.2) is 11.5 Å². The summed E-state index contributed by atoms with van der Waals surface area (Å²) < 4.78 is 17.9. The molecule has 0 fully saturated rings. The highest BCUT2D eigenvalue weighted by Crippen LogP contribution is 2.34. The van der Waals surface area contributed by atoms with Crippen LogP contribution >= 0.6 is 34.5 Å². The number of rotatable bonds is 6. The number of benzene rings is 2. The standard InChI is InChI=1S/C20H19Cl2N3O3S/c1-23-20-25(16(11-29-20)14-6-5-13(21)8-15(14)22)24-10-12-7-18(27-3)19(28-4)9-17(12)26-2/h5-11H,1-4H3/b23-20?,24-10-. The molecule has 0 bridgehead atoms. The molecular weight excluding hydrogens is 433 g/mol. The Labute approximate surface area is 182 Å². The zero-order valence-electron chi connectivity index (χ0n) is 16.3. The van der Waals surface area contributed by atoms with Crippen molar-refractivity contribution in [2.45, 2.75) is 0 Å². The fourth-order valence-electron chi connectivity index (χ4n) is 2.72. The van der Waals surface area contributed by atoms with Gasteiger partial charge in [0, 0.05) is 34.6 Å². The van der Waals surface area contributed by atoms with Crippen LogP contribution in [-0.2, 0) is 0 Å². The lowest BCUT2D eigenvalue weighted by Crippen LogP contribution is -2.11. The molecule has 1 aromatic heterocycles. The van der Waals surface area contributed by atoms with Crippen LogP contribution in [0.1, 0.15) is 5.56 Å². The SMILES string of the molecule is CN=c1scc(-c2ccc(Cl)cc2Cl)n1/N=C\c1cc(OC)c(OC)cc1OC. The van der Waals surface area contributed by atoms with E-state index in [0.29, 0.717) is 32.1 Å². The first-order chi connectivity index (χ1) is 14.0. The monoisotopic (exact) mass is 451 g/mol. The number of methoxy groups -OCH3 is 3. The Balaban J connectivity index is 2.12. The molecule has 0 aliphatic carbocycles.